The van der Waals surface area contributed by atoms with Crippen LogP contribution in [0.15, 0.2) is 0 Å². The highest BCUT2D eigenvalue weighted by atomic mass is 32.3. The molecule has 2 aliphatic rings. The van der Waals surface area contributed by atoms with Crippen LogP contribution in [0.4, 0.5) is 0 Å². The van der Waals surface area contributed by atoms with Crippen LogP contribution in [0.5, 0.6) is 0 Å². The van der Waals surface area contributed by atoms with Crippen molar-refractivity contribution in [3.05, 3.63) is 0 Å². The Labute approximate surface area is 516 Å². The third kappa shape index (κ3) is 35.0. The van der Waals surface area contributed by atoms with Gasteiger partial charge in [-0.15, -0.1) is 0 Å². The summed E-state index contributed by atoms with van der Waals surface area (Å²) in [6.07, 6.45) is 22.1. The third-order valence-corrected chi connectivity index (χ3v) is 18.5. The summed E-state index contributed by atoms with van der Waals surface area (Å²) in [7, 11) is -5.32. The predicted molar refractivity (Wildman–Crippen MR) is 334 cm³/mol. The molecule has 0 aromatic rings. The minimum Gasteiger partial charge on any atom is -0.455 e. The topological polar surface area (TPSA) is 265 Å². The zero-order valence-corrected chi connectivity index (χ0v) is 55.7. The van der Waals surface area contributed by atoms with Crippen molar-refractivity contribution in [3.8, 4) is 0 Å². The van der Waals surface area contributed by atoms with Gasteiger partial charge in [0, 0.05) is 6.42 Å². The summed E-state index contributed by atoms with van der Waals surface area (Å²) in [6, 6.07) is 0. The average molecular weight is 1240 g/mol. The van der Waals surface area contributed by atoms with Gasteiger partial charge in [0.2, 0.25) is 6.29 Å². The van der Waals surface area contributed by atoms with Crippen LogP contribution in [0, 0.1) is 41.4 Å². The standard InChI is InChI=1S/C67H128O17S/c1-10-12-14-16-18-20-22-24-25-27-28-30-32-34-36-38-55(70)53(8)44-51(6)42-49(4)40-48(3)41-50(5)43-52(7)45-54(9)65(75)82-62-60(73)57(47-69)80-67(83-66-63(84-85(76,77)78)61(74)59(72)56(46-68)79-66)64(62)81-58(71)39-37-35-33-31-29-26-23-21-19-17-15-13-11-2/h48-57,59-64,66-70,72-74H,10-47H2,1-9H3,(H,76,77,78)/t48-,49+,50-,51+,52-,53+,54-,55?,56?,57?,59+,60+,61?,62?,63-,64+,66+,67+/m0/s1. The molecule has 2 fully saturated rings. The minimum absolute atomic E-state index is 0.0558. The van der Waals surface area contributed by atoms with Crippen molar-refractivity contribution < 1.29 is 81.1 Å². The van der Waals surface area contributed by atoms with Gasteiger partial charge >= 0.3 is 22.3 Å². The van der Waals surface area contributed by atoms with E-state index in [4.69, 9.17) is 23.7 Å². The number of rotatable bonds is 52. The zero-order chi connectivity index (χ0) is 63.2. The van der Waals surface area contributed by atoms with Crippen molar-refractivity contribution in [1.82, 2.24) is 0 Å². The lowest BCUT2D eigenvalue weighted by Gasteiger charge is -2.46. The van der Waals surface area contributed by atoms with Crippen molar-refractivity contribution in [3.63, 3.8) is 0 Å². The number of unbranched alkanes of at least 4 members (excludes halogenated alkanes) is 26. The first-order valence-corrected chi connectivity index (χ1v) is 35.9. The molecule has 0 bridgehead atoms. The van der Waals surface area contributed by atoms with Crippen LogP contribution in [0.25, 0.3) is 0 Å². The molecule has 504 valence electrons. The molecule has 2 heterocycles. The molecule has 85 heavy (non-hydrogen) atoms. The monoisotopic (exact) mass is 1240 g/mol. The molecule has 18 heteroatoms. The Hall–Kier alpha value is -1.55. The molecule has 18 atom stereocenters. The van der Waals surface area contributed by atoms with Gasteiger partial charge in [-0.05, 0) is 86.9 Å². The van der Waals surface area contributed by atoms with E-state index in [0.29, 0.717) is 36.5 Å². The molecular formula is C67H128O17S. The molecule has 0 spiro atoms. The van der Waals surface area contributed by atoms with Crippen molar-refractivity contribution in [2.45, 2.75) is 361 Å². The normalized spacial score (nSPS) is 25.8. The third-order valence-electron chi connectivity index (χ3n) is 18.0. The summed E-state index contributed by atoms with van der Waals surface area (Å²) in [5, 5.41) is 64.3. The van der Waals surface area contributed by atoms with Gasteiger partial charge in [0.05, 0.1) is 25.2 Å². The van der Waals surface area contributed by atoms with E-state index in [2.05, 4.69) is 59.6 Å². The quantitative estimate of drug-likeness (QED) is 0.0170. The number of esters is 2. The van der Waals surface area contributed by atoms with Gasteiger partial charge < -0.3 is 54.3 Å². The smallest absolute Gasteiger partial charge is 0.397 e. The highest BCUT2D eigenvalue weighted by molar-refractivity contribution is 7.80. The fourth-order valence-electron chi connectivity index (χ4n) is 13.4. The maximum absolute atomic E-state index is 14.1. The molecular weight excluding hydrogens is 1110 g/mol. The number of carbonyl (C=O) groups is 2. The van der Waals surface area contributed by atoms with Crippen LogP contribution >= 0.6 is 0 Å². The van der Waals surface area contributed by atoms with Crippen molar-refractivity contribution in [2.75, 3.05) is 13.2 Å². The highest BCUT2D eigenvalue weighted by Crippen LogP contribution is 2.35. The van der Waals surface area contributed by atoms with Crippen LogP contribution in [0.3, 0.4) is 0 Å². The summed E-state index contributed by atoms with van der Waals surface area (Å²) >= 11 is 0. The fraction of sp³-hybridized carbons (Fsp3) is 0.970. The first-order chi connectivity index (χ1) is 40.5. The molecule has 2 aliphatic heterocycles. The molecule has 0 radical (unpaired) electrons. The molecule has 2 rings (SSSR count). The maximum atomic E-state index is 14.1. The lowest BCUT2D eigenvalue weighted by Crippen LogP contribution is -2.65. The van der Waals surface area contributed by atoms with E-state index in [9.17, 15) is 53.2 Å². The maximum Gasteiger partial charge on any atom is 0.397 e. The van der Waals surface area contributed by atoms with E-state index >= 15 is 0 Å². The predicted octanol–water partition coefficient (Wildman–Crippen LogP) is 13.4. The Bertz CT molecular complexity index is 1780. The van der Waals surface area contributed by atoms with E-state index in [1.807, 2.05) is 0 Å². The Morgan fingerprint density at radius 3 is 1.24 bits per heavy atom. The van der Waals surface area contributed by atoms with Gasteiger partial charge in [0.1, 0.15) is 30.5 Å². The zero-order valence-electron chi connectivity index (χ0n) is 54.9. The Morgan fingerprint density at radius 1 is 0.459 bits per heavy atom. The minimum atomic E-state index is -5.32. The number of hydrogen-bond donors (Lipinski definition) is 7. The second-order valence-corrected chi connectivity index (χ2v) is 28.1. The van der Waals surface area contributed by atoms with Crippen molar-refractivity contribution in [1.29, 1.82) is 0 Å². The molecule has 0 aromatic heterocycles. The van der Waals surface area contributed by atoms with E-state index in [0.717, 1.165) is 77.0 Å². The molecule has 2 saturated heterocycles. The Balaban J connectivity index is 1.95. The van der Waals surface area contributed by atoms with Crippen molar-refractivity contribution >= 4 is 22.3 Å². The van der Waals surface area contributed by atoms with Crippen molar-refractivity contribution in [2.24, 2.45) is 41.4 Å². The summed E-state index contributed by atoms with van der Waals surface area (Å²) in [6.45, 7) is 18.0. The number of aliphatic hydroxyl groups excluding tert-OH is 6. The first kappa shape index (κ1) is 79.5. The lowest BCUT2D eigenvalue weighted by atomic mass is 9.80. The molecule has 0 aliphatic carbocycles. The van der Waals surface area contributed by atoms with Gasteiger partial charge in [-0.2, -0.15) is 8.42 Å². The van der Waals surface area contributed by atoms with Gasteiger partial charge in [-0.1, -0.05) is 236 Å². The lowest BCUT2D eigenvalue weighted by molar-refractivity contribution is -0.374. The molecule has 0 amide bonds. The first-order valence-electron chi connectivity index (χ1n) is 34.5. The average Bonchev–Trinajstić information content (AvgIpc) is 2.09. The van der Waals surface area contributed by atoms with Gasteiger partial charge in [0.15, 0.2) is 24.6 Å². The largest absolute Gasteiger partial charge is 0.455 e. The van der Waals surface area contributed by atoms with Gasteiger partial charge in [-0.3, -0.25) is 14.1 Å². The van der Waals surface area contributed by atoms with Crippen LogP contribution < -0.4 is 0 Å². The SMILES string of the molecule is CCCCCCCCCCCCCCCCCC(O)[C@H](C)C[C@H](C)C[C@H](C)C[C@H](C)C[C@H](C)C[C@H](C)C[C@H](C)C(=O)OC1[C@H](O)C(CO)O[C@H](O[C@H]2OC(CO)[C@@H](O)C(O)[C@@H]2OS(=O)(=O)O)[C@@H]1OC(=O)CCCCCCCCCCCCCCC. The molecule has 7 N–H and O–H groups in total. The second-order valence-electron chi connectivity index (χ2n) is 27.0. The second kappa shape index (κ2) is 46.5. The molecule has 0 saturated carbocycles. The Morgan fingerprint density at radius 2 is 0.824 bits per heavy atom. The van der Waals surface area contributed by atoms with E-state index in [1.165, 1.54) is 135 Å². The number of hydrogen-bond acceptors (Lipinski definition) is 16. The van der Waals surface area contributed by atoms with E-state index < -0.39 is 103 Å². The summed E-state index contributed by atoms with van der Waals surface area (Å²) in [5.41, 5.74) is 0. The highest BCUT2D eigenvalue weighted by Gasteiger charge is 2.55. The molecule has 0 aromatic carbocycles. The molecule has 17 nitrogen and oxygen atoms in total. The van der Waals surface area contributed by atoms with Crippen LogP contribution in [0.1, 0.15) is 293 Å². The molecule has 5 unspecified atom stereocenters. The van der Waals surface area contributed by atoms with Crippen LogP contribution in [-0.2, 0) is 47.9 Å². The number of aliphatic hydroxyl groups is 6. The van der Waals surface area contributed by atoms with Crippen LogP contribution in [-0.4, -0.2) is 136 Å². The van der Waals surface area contributed by atoms with Gasteiger partial charge in [0.25, 0.3) is 0 Å². The number of carbonyl (C=O) groups excluding carboxylic acids is 2. The Kier molecular flexibility index (Phi) is 43.5. The van der Waals surface area contributed by atoms with E-state index in [-0.39, 0.29) is 24.4 Å². The van der Waals surface area contributed by atoms with Crippen LogP contribution in [0.2, 0.25) is 0 Å². The van der Waals surface area contributed by atoms with E-state index in [1.54, 1.807) is 6.92 Å². The van der Waals surface area contributed by atoms with Gasteiger partial charge in [-0.25, -0.2) is 4.18 Å². The fourth-order valence-corrected chi connectivity index (χ4v) is 13.9. The summed E-state index contributed by atoms with van der Waals surface area (Å²) in [4.78, 5) is 27.7. The number of ether oxygens (including phenoxy) is 5. The summed E-state index contributed by atoms with van der Waals surface area (Å²) < 4.78 is 67.3. The summed E-state index contributed by atoms with van der Waals surface area (Å²) in [5.74, 6) is 0.143.